The Labute approximate surface area is 82.3 Å². The van der Waals surface area contributed by atoms with Gasteiger partial charge in [0.05, 0.1) is 11.1 Å². The zero-order valence-electron chi connectivity index (χ0n) is 7.65. The molecule has 6 heteroatoms. The molecule has 0 bridgehead atoms. The number of hydrogen-bond donors (Lipinski definition) is 1. The quantitative estimate of drug-likeness (QED) is 0.762. The van der Waals surface area contributed by atoms with Crippen LogP contribution in [0.15, 0.2) is 21.3 Å². The number of carbonyl (C=O) groups is 1. The lowest BCUT2D eigenvalue weighted by atomic mass is 10.2. The predicted molar refractivity (Wildman–Crippen MR) is 48.4 cm³/mol. The molecule has 0 unspecified atom stereocenters. The van der Waals surface area contributed by atoms with Crippen molar-refractivity contribution in [1.29, 1.82) is 0 Å². The molecule has 1 aromatic carbocycles. The van der Waals surface area contributed by atoms with Gasteiger partial charge in [0.1, 0.15) is 5.82 Å². The normalized spacial score (nSPS) is 10.8. The molecule has 0 saturated heterocycles. The van der Waals surface area contributed by atoms with E-state index < -0.39 is 23.1 Å². The smallest absolute Gasteiger partial charge is 0.419 e. The third kappa shape index (κ3) is 1.30. The van der Waals surface area contributed by atoms with Crippen LogP contribution in [0, 0.1) is 5.82 Å². The van der Waals surface area contributed by atoms with Crippen LogP contribution >= 0.6 is 0 Å². The summed E-state index contributed by atoms with van der Waals surface area (Å²) in [7, 11) is 1.41. The minimum atomic E-state index is -1.39. The van der Waals surface area contributed by atoms with Gasteiger partial charge in [-0.3, -0.25) is 4.57 Å². The summed E-state index contributed by atoms with van der Waals surface area (Å²) < 4.78 is 19.0. The highest BCUT2D eigenvalue weighted by molar-refractivity contribution is 5.92. The monoisotopic (exact) mass is 211 g/mol. The van der Waals surface area contributed by atoms with Gasteiger partial charge in [-0.25, -0.2) is 14.0 Å². The standard InChI is InChI=1S/C9H6FNO4/c1-11-6-2-4(8(12)13)5(10)3-7(6)15-9(11)14/h2-3H,1H3,(H,12,13). The molecule has 2 aromatic rings. The summed E-state index contributed by atoms with van der Waals surface area (Å²) in [6, 6.07) is 1.96. The Balaban J connectivity index is 2.89. The van der Waals surface area contributed by atoms with Crippen LogP contribution in [0.1, 0.15) is 10.4 Å². The zero-order valence-corrected chi connectivity index (χ0v) is 7.65. The van der Waals surface area contributed by atoms with Gasteiger partial charge in [-0.2, -0.15) is 0 Å². The Bertz CT molecular complexity index is 610. The first-order chi connectivity index (χ1) is 7.00. The minimum absolute atomic E-state index is 0.0324. The van der Waals surface area contributed by atoms with Gasteiger partial charge in [-0.05, 0) is 6.07 Å². The zero-order chi connectivity index (χ0) is 11.2. The van der Waals surface area contributed by atoms with Crippen LogP contribution in [0.3, 0.4) is 0 Å². The van der Waals surface area contributed by atoms with E-state index in [9.17, 15) is 14.0 Å². The summed E-state index contributed by atoms with van der Waals surface area (Å²) in [5.74, 6) is -2.97. The summed E-state index contributed by atoms with van der Waals surface area (Å²) in [5, 5.41) is 8.66. The number of aromatic carboxylic acids is 1. The van der Waals surface area contributed by atoms with E-state index in [-0.39, 0.29) is 11.1 Å². The lowest BCUT2D eigenvalue weighted by molar-refractivity contribution is 0.0692. The molecular formula is C9H6FNO4. The summed E-state index contributed by atoms with van der Waals surface area (Å²) in [4.78, 5) is 21.7. The molecule has 1 aromatic heterocycles. The van der Waals surface area contributed by atoms with E-state index in [1.165, 1.54) is 7.05 Å². The lowest BCUT2D eigenvalue weighted by Gasteiger charge is -1.97. The van der Waals surface area contributed by atoms with Crippen LogP contribution in [0.4, 0.5) is 4.39 Å². The average Bonchev–Trinajstić information content (AvgIpc) is 2.41. The Morgan fingerprint density at radius 3 is 2.80 bits per heavy atom. The molecular weight excluding hydrogens is 205 g/mol. The fraction of sp³-hybridized carbons (Fsp3) is 0.111. The highest BCUT2D eigenvalue weighted by Crippen LogP contribution is 2.17. The number of aryl methyl sites for hydroxylation is 1. The molecule has 0 spiro atoms. The summed E-state index contributed by atoms with van der Waals surface area (Å²) in [5.41, 5.74) is -0.206. The molecule has 0 atom stereocenters. The largest absolute Gasteiger partial charge is 0.478 e. The van der Waals surface area contributed by atoms with E-state index in [4.69, 9.17) is 5.11 Å². The van der Waals surface area contributed by atoms with Crippen molar-refractivity contribution in [3.63, 3.8) is 0 Å². The molecule has 0 radical (unpaired) electrons. The van der Waals surface area contributed by atoms with E-state index in [0.29, 0.717) is 0 Å². The second-order valence-corrected chi connectivity index (χ2v) is 3.03. The van der Waals surface area contributed by atoms with Crippen molar-refractivity contribution in [2.24, 2.45) is 7.05 Å². The van der Waals surface area contributed by atoms with Crippen LogP contribution < -0.4 is 5.76 Å². The van der Waals surface area contributed by atoms with Crippen LogP contribution in [0.25, 0.3) is 11.1 Å². The fourth-order valence-corrected chi connectivity index (χ4v) is 1.31. The first-order valence-electron chi connectivity index (χ1n) is 4.03. The molecule has 0 fully saturated rings. The highest BCUT2D eigenvalue weighted by atomic mass is 19.1. The van der Waals surface area contributed by atoms with Gasteiger partial charge in [0.2, 0.25) is 0 Å². The summed E-state index contributed by atoms with van der Waals surface area (Å²) in [6.45, 7) is 0. The van der Waals surface area contributed by atoms with E-state index >= 15 is 0 Å². The molecule has 0 saturated carbocycles. The van der Waals surface area contributed by atoms with Crippen molar-refractivity contribution in [2.45, 2.75) is 0 Å². The highest BCUT2D eigenvalue weighted by Gasteiger charge is 2.15. The third-order valence-electron chi connectivity index (χ3n) is 2.11. The topological polar surface area (TPSA) is 72.4 Å². The molecule has 78 valence electrons. The number of carboxylic acid groups (broad SMARTS) is 1. The van der Waals surface area contributed by atoms with Crippen LogP contribution in [-0.4, -0.2) is 15.6 Å². The number of fused-ring (bicyclic) bond motifs is 1. The van der Waals surface area contributed by atoms with Gasteiger partial charge in [0.15, 0.2) is 5.58 Å². The van der Waals surface area contributed by atoms with Gasteiger partial charge >= 0.3 is 11.7 Å². The fourth-order valence-electron chi connectivity index (χ4n) is 1.31. The Kier molecular flexibility index (Phi) is 1.85. The van der Waals surface area contributed by atoms with E-state index in [1.54, 1.807) is 0 Å². The molecule has 0 amide bonds. The Morgan fingerprint density at radius 1 is 1.53 bits per heavy atom. The maximum atomic E-state index is 13.2. The van der Waals surface area contributed by atoms with E-state index in [2.05, 4.69) is 4.42 Å². The summed E-state index contributed by atoms with van der Waals surface area (Å²) in [6.07, 6.45) is 0. The van der Waals surface area contributed by atoms with Crippen LogP contribution in [0.5, 0.6) is 0 Å². The van der Waals surface area contributed by atoms with Crippen molar-refractivity contribution < 1.29 is 18.7 Å². The van der Waals surface area contributed by atoms with Crippen molar-refractivity contribution in [3.8, 4) is 0 Å². The van der Waals surface area contributed by atoms with Crippen LogP contribution in [0.2, 0.25) is 0 Å². The number of nitrogens with zero attached hydrogens (tertiary/aromatic N) is 1. The van der Waals surface area contributed by atoms with Crippen LogP contribution in [-0.2, 0) is 7.05 Å². The number of hydrogen-bond acceptors (Lipinski definition) is 3. The molecule has 0 aliphatic carbocycles. The van der Waals surface area contributed by atoms with Crippen molar-refractivity contribution in [3.05, 3.63) is 34.1 Å². The SMILES string of the molecule is Cn1c(=O)oc2cc(F)c(C(=O)O)cc21. The van der Waals surface area contributed by atoms with E-state index in [0.717, 1.165) is 16.7 Å². The van der Waals surface area contributed by atoms with Gasteiger partial charge in [-0.1, -0.05) is 0 Å². The second kappa shape index (κ2) is 2.94. The predicted octanol–water partition coefficient (Wildman–Crippen LogP) is 0.969. The number of carboxylic acids is 1. The number of benzene rings is 1. The first kappa shape index (κ1) is 9.45. The molecule has 15 heavy (non-hydrogen) atoms. The average molecular weight is 211 g/mol. The minimum Gasteiger partial charge on any atom is -0.478 e. The van der Waals surface area contributed by atoms with Crippen molar-refractivity contribution in [2.75, 3.05) is 0 Å². The van der Waals surface area contributed by atoms with Gasteiger partial charge in [-0.15, -0.1) is 0 Å². The van der Waals surface area contributed by atoms with Gasteiger partial charge in [0.25, 0.3) is 0 Å². The maximum Gasteiger partial charge on any atom is 0.419 e. The Morgan fingerprint density at radius 2 is 2.20 bits per heavy atom. The lowest BCUT2D eigenvalue weighted by Crippen LogP contribution is -2.08. The molecule has 0 aliphatic heterocycles. The summed E-state index contributed by atoms with van der Waals surface area (Å²) >= 11 is 0. The number of rotatable bonds is 1. The number of oxazole rings is 1. The molecule has 1 N–H and O–H groups in total. The number of halogens is 1. The van der Waals surface area contributed by atoms with Gasteiger partial charge in [0, 0.05) is 13.1 Å². The number of aromatic nitrogens is 1. The van der Waals surface area contributed by atoms with E-state index in [1.807, 2.05) is 0 Å². The molecule has 2 rings (SSSR count). The first-order valence-corrected chi connectivity index (χ1v) is 4.03. The molecule has 5 nitrogen and oxygen atoms in total. The second-order valence-electron chi connectivity index (χ2n) is 3.03. The van der Waals surface area contributed by atoms with Crippen molar-refractivity contribution >= 4 is 17.1 Å². The van der Waals surface area contributed by atoms with Crippen molar-refractivity contribution in [1.82, 2.24) is 4.57 Å². The van der Waals surface area contributed by atoms with Gasteiger partial charge < -0.3 is 9.52 Å². The molecule has 1 heterocycles. The molecule has 0 aliphatic rings. The Hall–Kier alpha value is -2.11. The maximum absolute atomic E-state index is 13.2. The third-order valence-corrected chi connectivity index (χ3v) is 2.11.